The second-order valence-corrected chi connectivity index (χ2v) is 6.84. The van der Waals surface area contributed by atoms with E-state index in [1.165, 1.54) is 36.9 Å². The maximum Gasteiger partial charge on any atom is 0.0377 e. The minimum absolute atomic E-state index is 0.503. The number of nitrogens with one attached hydrogen (secondary N) is 1. The third kappa shape index (κ3) is 3.28. The summed E-state index contributed by atoms with van der Waals surface area (Å²) in [5.41, 5.74) is 3.29. The van der Waals surface area contributed by atoms with E-state index in [1.54, 1.807) is 0 Å². The molecule has 0 aliphatic heterocycles. The molecule has 1 nitrogen and oxygen atoms in total. The molecule has 1 aromatic carbocycles. The molecule has 1 unspecified atom stereocenters. The van der Waals surface area contributed by atoms with Crippen LogP contribution in [0.1, 0.15) is 64.9 Å². The molecule has 1 aromatic rings. The molecule has 1 aliphatic carbocycles. The summed E-state index contributed by atoms with van der Waals surface area (Å²) >= 11 is 0. The number of anilines is 1. The van der Waals surface area contributed by atoms with Gasteiger partial charge < -0.3 is 5.32 Å². The Labute approximate surface area is 112 Å². The highest BCUT2D eigenvalue weighted by Gasteiger charge is 2.28. The first-order chi connectivity index (χ1) is 8.48. The van der Waals surface area contributed by atoms with Gasteiger partial charge in [-0.3, -0.25) is 0 Å². The molecular weight excluding hydrogens is 218 g/mol. The molecule has 1 saturated carbocycles. The van der Waals surface area contributed by atoms with E-state index in [0.717, 1.165) is 0 Å². The Balaban J connectivity index is 2.09. The quantitative estimate of drug-likeness (QED) is 0.772. The van der Waals surface area contributed by atoms with Crippen molar-refractivity contribution in [3.63, 3.8) is 0 Å². The molecule has 18 heavy (non-hydrogen) atoms. The highest BCUT2D eigenvalue weighted by atomic mass is 14.9. The van der Waals surface area contributed by atoms with Crippen LogP contribution in [0.5, 0.6) is 0 Å². The van der Waals surface area contributed by atoms with Crippen molar-refractivity contribution in [3.05, 3.63) is 29.8 Å². The van der Waals surface area contributed by atoms with Crippen LogP contribution in [0.3, 0.4) is 0 Å². The molecule has 0 spiro atoms. The van der Waals surface area contributed by atoms with Crippen molar-refractivity contribution in [1.29, 1.82) is 0 Å². The highest BCUT2D eigenvalue weighted by Crippen LogP contribution is 2.37. The molecule has 1 aliphatic rings. The summed E-state index contributed by atoms with van der Waals surface area (Å²) in [6, 6.07) is 9.42. The third-order valence-corrected chi connectivity index (χ3v) is 4.15. The zero-order valence-electron chi connectivity index (χ0n) is 12.3. The van der Waals surface area contributed by atoms with Gasteiger partial charge >= 0.3 is 0 Å². The molecular formula is C17H27N. The van der Waals surface area contributed by atoms with Crippen LogP contribution < -0.4 is 5.32 Å². The Morgan fingerprint density at radius 3 is 2.61 bits per heavy atom. The largest absolute Gasteiger partial charge is 0.382 e. The zero-order chi connectivity index (χ0) is 13.2. The van der Waals surface area contributed by atoms with Crippen molar-refractivity contribution < 1.29 is 0 Å². The van der Waals surface area contributed by atoms with E-state index in [2.05, 4.69) is 57.3 Å². The molecule has 1 fully saturated rings. The van der Waals surface area contributed by atoms with Crippen LogP contribution in [0.15, 0.2) is 24.3 Å². The second-order valence-electron chi connectivity index (χ2n) is 6.84. The van der Waals surface area contributed by atoms with Crippen molar-refractivity contribution in [2.24, 2.45) is 5.41 Å². The van der Waals surface area contributed by atoms with E-state index in [4.69, 9.17) is 0 Å². The van der Waals surface area contributed by atoms with Gasteiger partial charge in [-0.1, -0.05) is 52.3 Å². The lowest BCUT2D eigenvalue weighted by Crippen LogP contribution is -2.32. The van der Waals surface area contributed by atoms with Gasteiger partial charge in [0.15, 0.2) is 0 Å². The molecule has 1 atom stereocenters. The Kier molecular flexibility index (Phi) is 3.99. The molecule has 2 rings (SSSR count). The van der Waals surface area contributed by atoms with E-state index < -0.39 is 0 Å². The molecule has 1 N–H and O–H groups in total. The predicted molar refractivity (Wildman–Crippen MR) is 80.2 cm³/mol. The van der Waals surface area contributed by atoms with E-state index in [9.17, 15) is 0 Å². The van der Waals surface area contributed by atoms with Crippen molar-refractivity contribution in [1.82, 2.24) is 0 Å². The SMILES string of the molecule is CC(C)c1ccccc1NC1CCCC(C)(C)C1. The summed E-state index contributed by atoms with van der Waals surface area (Å²) in [4.78, 5) is 0. The van der Waals surface area contributed by atoms with Crippen LogP contribution >= 0.6 is 0 Å². The number of hydrogen-bond acceptors (Lipinski definition) is 1. The molecule has 0 aromatic heterocycles. The maximum absolute atomic E-state index is 3.79. The molecule has 0 radical (unpaired) electrons. The van der Waals surface area contributed by atoms with E-state index in [-0.39, 0.29) is 0 Å². The van der Waals surface area contributed by atoms with Crippen LogP contribution in [0, 0.1) is 5.41 Å². The third-order valence-electron chi connectivity index (χ3n) is 4.15. The van der Waals surface area contributed by atoms with Gasteiger partial charge in [0.05, 0.1) is 0 Å². The number of rotatable bonds is 3. The Bertz CT molecular complexity index is 392. The fourth-order valence-corrected chi connectivity index (χ4v) is 3.17. The predicted octanol–water partition coefficient (Wildman–Crippen LogP) is 5.19. The average molecular weight is 245 g/mol. The van der Waals surface area contributed by atoms with Gasteiger partial charge in [0, 0.05) is 11.7 Å². The van der Waals surface area contributed by atoms with Crippen molar-refractivity contribution in [3.8, 4) is 0 Å². The van der Waals surface area contributed by atoms with Crippen molar-refractivity contribution >= 4 is 5.69 Å². The van der Waals surface area contributed by atoms with Crippen LogP contribution in [0.2, 0.25) is 0 Å². The molecule has 0 bridgehead atoms. The van der Waals surface area contributed by atoms with Crippen LogP contribution in [-0.2, 0) is 0 Å². The highest BCUT2D eigenvalue weighted by molar-refractivity contribution is 5.53. The summed E-state index contributed by atoms with van der Waals surface area (Å²) in [5.74, 6) is 0.588. The first-order valence-corrected chi connectivity index (χ1v) is 7.33. The summed E-state index contributed by atoms with van der Waals surface area (Å²) < 4.78 is 0. The smallest absolute Gasteiger partial charge is 0.0377 e. The van der Waals surface area contributed by atoms with Crippen LogP contribution in [0.4, 0.5) is 5.69 Å². The molecule has 0 heterocycles. The summed E-state index contributed by atoms with van der Waals surface area (Å²) in [6.07, 6.45) is 5.33. The van der Waals surface area contributed by atoms with E-state index >= 15 is 0 Å². The van der Waals surface area contributed by atoms with Crippen LogP contribution in [0.25, 0.3) is 0 Å². The monoisotopic (exact) mass is 245 g/mol. The van der Waals surface area contributed by atoms with Gasteiger partial charge in [-0.05, 0) is 42.2 Å². The molecule has 0 saturated heterocycles. The number of benzene rings is 1. The lowest BCUT2D eigenvalue weighted by Gasteiger charge is -2.36. The van der Waals surface area contributed by atoms with E-state index in [1.807, 2.05) is 0 Å². The number of hydrogen-bond donors (Lipinski definition) is 1. The van der Waals surface area contributed by atoms with Gasteiger partial charge in [0.1, 0.15) is 0 Å². The Hall–Kier alpha value is -0.980. The average Bonchev–Trinajstić information content (AvgIpc) is 2.28. The van der Waals surface area contributed by atoms with Gasteiger partial charge in [-0.2, -0.15) is 0 Å². The Morgan fingerprint density at radius 1 is 1.22 bits per heavy atom. The molecule has 0 amide bonds. The normalized spacial score (nSPS) is 23.1. The van der Waals surface area contributed by atoms with E-state index in [0.29, 0.717) is 17.4 Å². The summed E-state index contributed by atoms with van der Waals surface area (Å²) in [7, 11) is 0. The van der Waals surface area contributed by atoms with Gasteiger partial charge in [-0.15, -0.1) is 0 Å². The fraction of sp³-hybridized carbons (Fsp3) is 0.647. The standard InChI is InChI=1S/C17H27N/c1-13(2)15-9-5-6-10-16(15)18-14-8-7-11-17(3,4)12-14/h5-6,9-10,13-14,18H,7-8,11-12H2,1-4H3. The molecule has 100 valence electrons. The number of para-hydroxylation sites is 1. The van der Waals surface area contributed by atoms with Crippen molar-refractivity contribution in [2.45, 2.75) is 65.3 Å². The zero-order valence-corrected chi connectivity index (χ0v) is 12.3. The topological polar surface area (TPSA) is 12.0 Å². The first kappa shape index (κ1) is 13.5. The van der Waals surface area contributed by atoms with Crippen LogP contribution in [-0.4, -0.2) is 6.04 Å². The minimum Gasteiger partial charge on any atom is -0.382 e. The summed E-state index contributed by atoms with van der Waals surface area (Å²) in [5, 5.41) is 3.79. The fourth-order valence-electron chi connectivity index (χ4n) is 3.17. The molecule has 1 heteroatoms. The van der Waals surface area contributed by atoms with Crippen molar-refractivity contribution in [2.75, 3.05) is 5.32 Å². The van der Waals surface area contributed by atoms with Gasteiger partial charge in [0.25, 0.3) is 0 Å². The first-order valence-electron chi connectivity index (χ1n) is 7.33. The van der Waals surface area contributed by atoms with Gasteiger partial charge in [-0.25, -0.2) is 0 Å². The lowest BCUT2D eigenvalue weighted by atomic mass is 9.75. The minimum atomic E-state index is 0.503. The van der Waals surface area contributed by atoms with Gasteiger partial charge in [0.2, 0.25) is 0 Å². The second kappa shape index (κ2) is 5.34. The Morgan fingerprint density at radius 2 is 1.94 bits per heavy atom. The maximum atomic E-state index is 3.79. The lowest BCUT2D eigenvalue weighted by molar-refractivity contribution is 0.229. The summed E-state index contributed by atoms with van der Waals surface area (Å²) in [6.45, 7) is 9.33.